The second-order valence-electron chi connectivity index (χ2n) is 25.5. The van der Waals surface area contributed by atoms with Crippen LogP contribution in [0.2, 0.25) is 0 Å². The number of aromatic amines is 1. The maximum absolute atomic E-state index is 14.2. The van der Waals surface area contributed by atoms with Crippen LogP contribution in [0.15, 0.2) is 71.9 Å². The van der Waals surface area contributed by atoms with E-state index in [0.29, 0.717) is 77.5 Å². The van der Waals surface area contributed by atoms with E-state index in [1.165, 1.54) is 35.5 Å². The molecule has 6 rings (SSSR count). The van der Waals surface area contributed by atoms with Crippen molar-refractivity contribution in [1.29, 1.82) is 0 Å². The van der Waals surface area contributed by atoms with Crippen molar-refractivity contribution in [2.45, 2.75) is 185 Å². The Morgan fingerprint density at radius 3 is 1.47 bits per heavy atom. The lowest BCUT2D eigenvalue weighted by atomic mass is 9.95. The SMILES string of the molecule is CCC(CO)OC(CO)OC.CCC(CO)OC(COC(=O)CCCC(=O)NCCNC(=O)Oc1cc2c(c3ccccc13)[C@H](CCl)CN2C(=O)c1cc2cc(OC)c(CO)c(CO)c2[nH]1)OC.CCC(CO)OC(COC(=O)CCCC(=O)NCCSSc1ccccn1)OC.CCC(CO)OC(COC(=O)CCCC(=O)O)OC. The summed E-state index contributed by atoms with van der Waals surface area (Å²) < 4.78 is 67.8. The first-order valence-corrected chi connectivity index (χ1v) is 40.9. The Balaban J connectivity index is 0.000000486. The molecule has 0 radical (unpaired) electrons. The molecule has 0 saturated heterocycles. The summed E-state index contributed by atoms with van der Waals surface area (Å²) in [6.45, 7) is 6.73. The van der Waals surface area contributed by atoms with E-state index in [9.17, 15) is 53.7 Å². The topological polar surface area (TPSA) is 486 Å². The Morgan fingerprint density at radius 2 is 1.03 bits per heavy atom. The van der Waals surface area contributed by atoms with Gasteiger partial charge in [0.1, 0.15) is 42.0 Å². The standard InChI is InChI=1S/C40H49ClN4O12.C19H30N2O6S2.C12H22O7.C7H16O4/c1-4-25(19-46)56-36(54-3)22-55-35(50)11-7-10-34(49)42-12-13-43-40(52)57-33-16-31-37(27-9-6-5-8-26(27)33)24(17-41)18-45(31)39(51)30-14-23-15-32(53-2)28(20-47)29(21-48)38(23)44-30;1-3-15(13-22)27-19(25-2)14-26-18(24)9-6-7-16(23)20-11-12-28-29-17-8-4-5-10-21-17;1-3-9(7-13)19-12(17-2)8-18-11(16)6-4-5-10(14)15;1-3-6(4-8)11-7(5-9)10-2/h5-6,8-9,14-16,24-25,36,44,46-48H,4,7,10-13,17-22H2,1-3H3,(H,42,49)(H,43,52);4-5,8,10,15,19,22H,3,6-7,9,11-14H2,1-2H3,(H,20,23);9,12-13H,3-8H2,1-2H3,(H,14,15);6-9H,3-5H2,1-2H3/t24-,25?,36?;;;/m1.../s1. The third kappa shape index (κ3) is 37.5. The smallest absolute Gasteiger partial charge is 0.412 e. The van der Waals surface area contributed by atoms with Gasteiger partial charge in [0, 0.05) is 145 Å². The van der Waals surface area contributed by atoms with Crippen molar-refractivity contribution in [3.63, 3.8) is 0 Å². The molecule has 1 aliphatic rings. The molecule has 0 fully saturated rings. The number of carbonyl (C=O) groups excluding carboxylic acids is 7. The number of aliphatic hydroxyl groups excluding tert-OH is 7. The van der Waals surface area contributed by atoms with Gasteiger partial charge in [-0.1, -0.05) is 68.8 Å². The summed E-state index contributed by atoms with van der Waals surface area (Å²) >= 11 is 6.46. The van der Waals surface area contributed by atoms with Gasteiger partial charge in [-0.05, 0) is 91.0 Å². The van der Waals surface area contributed by atoms with E-state index < -0.39 is 67.8 Å². The van der Waals surface area contributed by atoms with Gasteiger partial charge in [0.15, 0.2) is 25.2 Å². The summed E-state index contributed by atoms with van der Waals surface area (Å²) in [5.74, 6) is -1.79. The maximum Gasteiger partial charge on any atom is 0.412 e. The molecule has 12 N–H and O–H groups in total. The number of pyridine rings is 1. The van der Waals surface area contributed by atoms with Gasteiger partial charge in [-0.15, -0.1) is 11.6 Å². The third-order valence-electron chi connectivity index (χ3n) is 17.3. The van der Waals surface area contributed by atoms with Gasteiger partial charge in [0.25, 0.3) is 5.91 Å². The van der Waals surface area contributed by atoms with Crippen LogP contribution in [0.3, 0.4) is 0 Å². The number of alkyl halides is 1. The molecule has 0 bridgehead atoms. The number of H-pyrrole nitrogens is 1. The Hall–Kier alpha value is -7.64. The van der Waals surface area contributed by atoms with Crippen molar-refractivity contribution >= 4 is 108 Å². The van der Waals surface area contributed by atoms with Crippen LogP contribution in [0.5, 0.6) is 11.5 Å². The van der Waals surface area contributed by atoms with Crippen molar-refractivity contribution < 1.29 is 141 Å². The number of anilines is 1. The van der Waals surface area contributed by atoms with Gasteiger partial charge in [0.05, 0.1) is 89.0 Å². The van der Waals surface area contributed by atoms with Crippen LogP contribution in [0, 0.1) is 0 Å². The van der Waals surface area contributed by atoms with Crippen LogP contribution in [-0.2, 0) is 94.1 Å². The molecule has 0 spiro atoms. The highest BCUT2D eigenvalue weighted by atomic mass is 35.5. The van der Waals surface area contributed by atoms with E-state index in [-0.39, 0.29) is 190 Å². The number of benzene rings is 3. The number of aromatic nitrogens is 2. The molecule has 1 aliphatic heterocycles. The first-order valence-electron chi connectivity index (χ1n) is 38.0. The zero-order chi connectivity index (χ0) is 85.7. The molecule has 35 nitrogen and oxygen atoms in total. The number of methoxy groups -OCH3 is 5. The average Bonchev–Trinajstić information content (AvgIpc) is 1.57. The number of rotatable bonds is 53. The maximum atomic E-state index is 14.2. The molecular formula is C78H117ClN6O29S2. The van der Waals surface area contributed by atoms with Crippen molar-refractivity contribution in [3.8, 4) is 11.5 Å². The fourth-order valence-electron chi connectivity index (χ4n) is 10.8. The van der Waals surface area contributed by atoms with Crippen LogP contribution in [0.25, 0.3) is 21.7 Å². The fraction of sp³-hybridized carbons (Fsp3) is 0.603. The van der Waals surface area contributed by atoms with Gasteiger partial charge >= 0.3 is 30.0 Å². The van der Waals surface area contributed by atoms with Crippen LogP contribution in [-0.4, -0.2) is 274 Å². The zero-order valence-electron chi connectivity index (χ0n) is 67.3. The number of nitrogens with one attached hydrogen (secondary N) is 4. The van der Waals surface area contributed by atoms with Gasteiger partial charge in [-0.3, -0.25) is 33.6 Å². The molecule has 116 heavy (non-hydrogen) atoms. The predicted octanol–water partition coefficient (Wildman–Crippen LogP) is 6.67. The first-order chi connectivity index (χ1) is 56.0. The minimum atomic E-state index is -0.945. The minimum Gasteiger partial charge on any atom is -0.496 e. The van der Waals surface area contributed by atoms with E-state index in [0.717, 1.165) is 21.7 Å². The van der Waals surface area contributed by atoms with Crippen molar-refractivity contribution in [2.75, 3.05) is 131 Å². The molecule has 3 heterocycles. The highest BCUT2D eigenvalue weighted by Crippen LogP contribution is 2.46. The summed E-state index contributed by atoms with van der Waals surface area (Å²) in [5, 5.41) is 84.3. The van der Waals surface area contributed by atoms with Crippen molar-refractivity contribution in [3.05, 3.63) is 89.2 Å². The van der Waals surface area contributed by atoms with E-state index >= 15 is 0 Å². The molecule has 652 valence electrons. The summed E-state index contributed by atoms with van der Waals surface area (Å²) in [6.07, 6.45) is 0.520. The third-order valence-corrected chi connectivity index (χ3v) is 20.0. The summed E-state index contributed by atoms with van der Waals surface area (Å²) in [5.41, 5.74) is 2.93. The molecule has 9 atom stereocenters. The molecule has 0 aliphatic carbocycles. The molecule has 2 aromatic heterocycles. The number of nitrogens with zero attached hydrogens (tertiary/aromatic N) is 2. The molecule has 0 saturated carbocycles. The summed E-state index contributed by atoms with van der Waals surface area (Å²) in [4.78, 5) is 106. The number of amides is 4. The van der Waals surface area contributed by atoms with Crippen LogP contribution >= 0.6 is 33.2 Å². The number of halogens is 1. The molecule has 8 unspecified atom stereocenters. The number of carboxylic acid groups (broad SMARTS) is 1. The highest BCUT2D eigenvalue weighted by molar-refractivity contribution is 8.76. The molecule has 5 aromatic rings. The van der Waals surface area contributed by atoms with E-state index in [4.69, 9.17) is 98.7 Å². The lowest BCUT2D eigenvalue weighted by Crippen LogP contribution is -2.36. The second kappa shape index (κ2) is 59.9. The summed E-state index contributed by atoms with van der Waals surface area (Å²) in [6, 6.07) is 18.1. The second-order valence-corrected chi connectivity index (χ2v) is 28.2. The van der Waals surface area contributed by atoms with Gasteiger partial charge in [-0.2, -0.15) is 0 Å². The molecular weight excluding hydrogens is 1580 g/mol. The number of carbonyl (C=O) groups is 8. The van der Waals surface area contributed by atoms with Crippen molar-refractivity contribution in [1.82, 2.24) is 25.9 Å². The Bertz CT molecular complexity index is 3660. The van der Waals surface area contributed by atoms with E-state index in [2.05, 4.69) is 25.9 Å². The Kier molecular flexibility index (Phi) is 53.0. The number of hydrogen-bond donors (Lipinski definition) is 12. The largest absolute Gasteiger partial charge is 0.496 e. The number of ether oxygens (including phenoxy) is 13. The highest BCUT2D eigenvalue weighted by Gasteiger charge is 2.37. The van der Waals surface area contributed by atoms with Gasteiger partial charge in [0.2, 0.25) is 11.8 Å². The average molecular weight is 1700 g/mol. The van der Waals surface area contributed by atoms with E-state index in [1.807, 2.05) is 70.2 Å². The number of hydrogen-bond acceptors (Lipinski definition) is 31. The predicted molar refractivity (Wildman–Crippen MR) is 430 cm³/mol. The Morgan fingerprint density at radius 1 is 0.560 bits per heavy atom. The minimum absolute atomic E-state index is 0.00212. The quantitative estimate of drug-likeness (QED) is 0.00483. The first kappa shape index (κ1) is 103. The molecule has 4 amide bonds. The number of aliphatic hydroxyl groups is 7. The van der Waals surface area contributed by atoms with Crippen LogP contribution in [0.4, 0.5) is 10.5 Å². The van der Waals surface area contributed by atoms with Crippen LogP contribution < -0.4 is 30.3 Å². The number of carboxylic acids is 1. The lowest BCUT2D eigenvalue weighted by molar-refractivity contribution is -0.194. The summed E-state index contributed by atoms with van der Waals surface area (Å²) in [7, 11) is 10.4. The number of aliphatic carboxylic acids is 1. The number of esters is 3. The normalized spacial score (nSPS) is 14.2. The van der Waals surface area contributed by atoms with Crippen LogP contribution in [0.1, 0.15) is 144 Å². The van der Waals surface area contributed by atoms with E-state index in [1.54, 1.807) is 50.9 Å². The number of fused-ring (bicyclic) bond motifs is 4. The van der Waals surface area contributed by atoms with Gasteiger partial charge < -0.3 is 128 Å². The molecule has 38 heteroatoms. The van der Waals surface area contributed by atoms with Crippen molar-refractivity contribution in [2.24, 2.45) is 0 Å². The Labute approximate surface area is 688 Å². The fourth-order valence-corrected chi connectivity index (χ4v) is 12.9. The molecule has 3 aromatic carbocycles. The van der Waals surface area contributed by atoms with Gasteiger partial charge in [-0.25, -0.2) is 9.78 Å². The monoisotopic (exact) mass is 1700 g/mol. The zero-order valence-corrected chi connectivity index (χ0v) is 69.7. The lowest BCUT2D eigenvalue weighted by Gasteiger charge is -2.21.